The van der Waals surface area contributed by atoms with Crippen molar-refractivity contribution in [1.82, 2.24) is 0 Å². The molecule has 0 fully saturated rings. The first kappa shape index (κ1) is 18.6. The van der Waals surface area contributed by atoms with Crippen molar-refractivity contribution in [3.8, 4) is 22.6 Å². The fourth-order valence-electron chi connectivity index (χ4n) is 2.93. The summed E-state index contributed by atoms with van der Waals surface area (Å²) in [4.78, 5) is 0. The Morgan fingerprint density at radius 2 is 1.74 bits per heavy atom. The van der Waals surface area contributed by atoms with E-state index in [2.05, 4.69) is 6.58 Å². The number of rotatable bonds is 7. The molecule has 0 aliphatic rings. The average molecular weight is 366 g/mol. The Hall–Kier alpha value is -3.14. The smallest absolute Gasteiger partial charge is 0.387 e. The van der Waals surface area contributed by atoms with Crippen LogP contribution in [0, 0.1) is 0 Å². The topological polar surface area (TPSA) is 18.5 Å². The van der Waals surface area contributed by atoms with Crippen LogP contribution in [0.1, 0.15) is 12.5 Å². The molecule has 138 valence electrons. The first-order valence-electron chi connectivity index (χ1n) is 8.61. The van der Waals surface area contributed by atoms with Gasteiger partial charge in [-0.05, 0) is 41.6 Å². The van der Waals surface area contributed by atoms with Gasteiger partial charge < -0.3 is 9.47 Å². The molecule has 0 unspecified atom stereocenters. The predicted octanol–water partition coefficient (Wildman–Crippen LogP) is 6.71. The molecule has 2 nitrogen and oxygen atoms in total. The van der Waals surface area contributed by atoms with Gasteiger partial charge in [0.1, 0.15) is 18.1 Å². The normalized spacial score (nSPS) is 11.3. The number of alkyl halides is 2. The Labute approximate surface area is 157 Å². The van der Waals surface area contributed by atoms with Gasteiger partial charge in [0.15, 0.2) is 0 Å². The second kappa shape index (κ2) is 8.49. The van der Waals surface area contributed by atoms with Gasteiger partial charge in [-0.1, -0.05) is 61.2 Å². The lowest BCUT2D eigenvalue weighted by atomic mass is 9.99. The highest BCUT2D eigenvalue weighted by Crippen LogP contribution is 2.35. The van der Waals surface area contributed by atoms with Crippen LogP contribution in [0.4, 0.5) is 8.78 Å². The SMILES string of the molecule is C=CCOc1ccc(-c2ccc3c(OC(F)F)c(/C=C/C)ccc3c2)cc1. The molecule has 0 saturated heterocycles. The molecular formula is C23H20F2O2. The molecule has 27 heavy (non-hydrogen) atoms. The molecule has 0 aliphatic carbocycles. The second-order valence-electron chi connectivity index (χ2n) is 5.92. The van der Waals surface area contributed by atoms with E-state index in [9.17, 15) is 8.78 Å². The van der Waals surface area contributed by atoms with Gasteiger partial charge in [-0.25, -0.2) is 0 Å². The van der Waals surface area contributed by atoms with Gasteiger partial charge in [-0.3, -0.25) is 0 Å². The van der Waals surface area contributed by atoms with E-state index in [-0.39, 0.29) is 5.75 Å². The van der Waals surface area contributed by atoms with Gasteiger partial charge in [-0.15, -0.1) is 0 Å². The lowest BCUT2D eigenvalue weighted by molar-refractivity contribution is -0.0489. The highest BCUT2D eigenvalue weighted by Gasteiger charge is 2.13. The Morgan fingerprint density at radius 1 is 1.00 bits per heavy atom. The van der Waals surface area contributed by atoms with E-state index in [4.69, 9.17) is 9.47 Å². The fraction of sp³-hybridized carbons (Fsp3) is 0.130. The number of halogens is 2. The van der Waals surface area contributed by atoms with Gasteiger partial charge in [0.05, 0.1) is 0 Å². The third-order valence-electron chi connectivity index (χ3n) is 4.11. The zero-order valence-corrected chi connectivity index (χ0v) is 15.0. The van der Waals surface area contributed by atoms with E-state index in [0.717, 1.165) is 22.3 Å². The van der Waals surface area contributed by atoms with Gasteiger partial charge in [0.25, 0.3) is 0 Å². The van der Waals surface area contributed by atoms with Crippen LogP contribution in [0.2, 0.25) is 0 Å². The molecule has 0 spiro atoms. The maximum atomic E-state index is 12.9. The van der Waals surface area contributed by atoms with Crippen molar-refractivity contribution < 1.29 is 18.3 Å². The van der Waals surface area contributed by atoms with E-state index >= 15 is 0 Å². The number of benzene rings is 3. The Bertz CT molecular complexity index is 960. The number of ether oxygens (including phenoxy) is 2. The maximum absolute atomic E-state index is 12.9. The third kappa shape index (κ3) is 4.34. The summed E-state index contributed by atoms with van der Waals surface area (Å²) in [5.41, 5.74) is 2.62. The Kier molecular flexibility index (Phi) is 5.87. The summed E-state index contributed by atoms with van der Waals surface area (Å²) in [6.45, 7) is 3.04. The highest BCUT2D eigenvalue weighted by molar-refractivity contribution is 5.94. The van der Waals surface area contributed by atoms with Crippen LogP contribution < -0.4 is 9.47 Å². The molecule has 0 N–H and O–H groups in total. The zero-order chi connectivity index (χ0) is 19.2. The minimum Gasteiger partial charge on any atom is -0.490 e. The first-order valence-corrected chi connectivity index (χ1v) is 8.61. The zero-order valence-electron chi connectivity index (χ0n) is 15.0. The minimum atomic E-state index is -2.87. The molecule has 3 rings (SSSR count). The van der Waals surface area contributed by atoms with Gasteiger partial charge in [-0.2, -0.15) is 8.78 Å². The van der Waals surface area contributed by atoms with Crippen molar-refractivity contribution in [2.45, 2.75) is 13.5 Å². The van der Waals surface area contributed by atoms with Crippen molar-refractivity contribution in [1.29, 1.82) is 0 Å². The second-order valence-corrected chi connectivity index (χ2v) is 5.92. The van der Waals surface area contributed by atoms with Crippen molar-refractivity contribution in [2.24, 2.45) is 0 Å². The summed E-state index contributed by atoms with van der Waals surface area (Å²) in [6, 6.07) is 17.1. The molecule has 0 aliphatic heterocycles. The summed E-state index contributed by atoms with van der Waals surface area (Å²) in [5.74, 6) is 0.961. The van der Waals surface area contributed by atoms with E-state index in [1.807, 2.05) is 55.5 Å². The molecule has 0 saturated carbocycles. The molecule has 0 atom stereocenters. The van der Waals surface area contributed by atoms with Crippen LogP contribution in [0.5, 0.6) is 11.5 Å². The fourth-order valence-corrected chi connectivity index (χ4v) is 2.93. The van der Waals surface area contributed by atoms with Crippen LogP contribution in [0.3, 0.4) is 0 Å². The average Bonchev–Trinajstić information content (AvgIpc) is 2.68. The van der Waals surface area contributed by atoms with Gasteiger partial charge in [0, 0.05) is 10.9 Å². The van der Waals surface area contributed by atoms with E-state index in [1.165, 1.54) is 0 Å². The lowest BCUT2D eigenvalue weighted by Gasteiger charge is -2.13. The maximum Gasteiger partial charge on any atom is 0.387 e. The van der Waals surface area contributed by atoms with Crippen molar-refractivity contribution >= 4 is 16.8 Å². The monoisotopic (exact) mass is 366 g/mol. The molecule has 0 amide bonds. The van der Waals surface area contributed by atoms with Crippen LogP contribution >= 0.6 is 0 Å². The summed E-state index contributed by atoms with van der Waals surface area (Å²) >= 11 is 0. The molecule has 0 heterocycles. The van der Waals surface area contributed by atoms with Crippen molar-refractivity contribution in [3.63, 3.8) is 0 Å². The summed E-state index contributed by atoms with van der Waals surface area (Å²) in [6.07, 6.45) is 5.25. The summed E-state index contributed by atoms with van der Waals surface area (Å²) < 4.78 is 36.0. The predicted molar refractivity (Wildman–Crippen MR) is 106 cm³/mol. The van der Waals surface area contributed by atoms with Crippen LogP contribution in [0.15, 0.2) is 73.3 Å². The van der Waals surface area contributed by atoms with Crippen LogP contribution in [0.25, 0.3) is 28.0 Å². The highest BCUT2D eigenvalue weighted by atomic mass is 19.3. The first-order chi connectivity index (χ1) is 13.1. The molecule has 3 aromatic carbocycles. The van der Waals surface area contributed by atoms with Crippen molar-refractivity contribution in [2.75, 3.05) is 6.61 Å². The van der Waals surface area contributed by atoms with Gasteiger partial charge >= 0.3 is 6.61 Å². The molecule has 4 heteroatoms. The standard InChI is InChI=1S/C23H20F2O2/c1-3-5-17-6-7-19-15-18(10-13-21(19)22(17)27-23(24)25)16-8-11-20(12-9-16)26-14-4-2/h3-13,15,23H,2,14H2,1H3/b5-3+. The van der Waals surface area contributed by atoms with E-state index < -0.39 is 6.61 Å². The molecule has 0 aromatic heterocycles. The van der Waals surface area contributed by atoms with Gasteiger partial charge in [0.2, 0.25) is 0 Å². The molecule has 0 bridgehead atoms. The third-order valence-corrected chi connectivity index (χ3v) is 4.11. The quantitative estimate of drug-likeness (QED) is 0.433. The number of fused-ring (bicyclic) bond motifs is 1. The lowest BCUT2D eigenvalue weighted by Crippen LogP contribution is -2.04. The number of allylic oxidation sites excluding steroid dienone is 1. The number of hydrogen-bond donors (Lipinski definition) is 0. The Balaban J connectivity index is 2.00. The minimum absolute atomic E-state index is 0.195. The molecule has 3 aromatic rings. The molecule has 0 radical (unpaired) electrons. The summed E-state index contributed by atoms with van der Waals surface area (Å²) in [7, 11) is 0. The Morgan fingerprint density at radius 3 is 2.41 bits per heavy atom. The van der Waals surface area contributed by atoms with Crippen LogP contribution in [-0.2, 0) is 0 Å². The summed E-state index contributed by atoms with van der Waals surface area (Å²) in [5, 5.41) is 1.49. The van der Waals surface area contributed by atoms with E-state index in [0.29, 0.717) is 17.6 Å². The largest absolute Gasteiger partial charge is 0.490 e. The molecular weight excluding hydrogens is 346 g/mol. The van der Waals surface area contributed by atoms with Crippen molar-refractivity contribution in [3.05, 3.63) is 78.9 Å². The number of hydrogen-bond acceptors (Lipinski definition) is 2. The van der Waals surface area contributed by atoms with E-state index in [1.54, 1.807) is 24.3 Å². The van der Waals surface area contributed by atoms with Crippen LogP contribution in [-0.4, -0.2) is 13.2 Å².